The summed E-state index contributed by atoms with van der Waals surface area (Å²) < 4.78 is 9.59. The molecule has 0 spiro atoms. The van der Waals surface area contributed by atoms with Crippen molar-refractivity contribution in [2.24, 2.45) is 0 Å². The van der Waals surface area contributed by atoms with Gasteiger partial charge in [-0.25, -0.2) is 4.98 Å². The zero-order valence-electron chi connectivity index (χ0n) is 7.46. The van der Waals surface area contributed by atoms with Crippen molar-refractivity contribution in [1.29, 1.82) is 0 Å². The van der Waals surface area contributed by atoms with Crippen LogP contribution in [0, 0.1) is 0 Å². The summed E-state index contributed by atoms with van der Waals surface area (Å²) in [6.45, 7) is 0. The summed E-state index contributed by atoms with van der Waals surface area (Å²) in [5.74, 6) is 0. The maximum Gasteiger partial charge on any atom is 0.181 e. The van der Waals surface area contributed by atoms with Gasteiger partial charge in [0, 0.05) is 0 Å². The second-order valence-corrected chi connectivity index (χ2v) is 2.61. The van der Waals surface area contributed by atoms with E-state index in [1.165, 1.54) is 6.39 Å². The van der Waals surface area contributed by atoms with Gasteiger partial charge in [-0.15, -0.1) is 0 Å². The summed E-state index contributed by atoms with van der Waals surface area (Å²) in [6.07, 6.45) is 4.70. The lowest BCUT2D eigenvalue weighted by Crippen LogP contribution is -1.61. The number of benzene rings is 1. The van der Waals surface area contributed by atoms with Gasteiger partial charge in [0.2, 0.25) is 0 Å². The van der Waals surface area contributed by atoms with Crippen LogP contribution < -0.4 is 0 Å². The molecular formula is C11H9NO2. The third kappa shape index (κ3) is 2.01. The van der Waals surface area contributed by atoms with Crippen molar-refractivity contribution >= 4 is 11.1 Å². The molecule has 14 heavy (non-hydrogen) atoms. The lowest BCUT2D eigenvalue weighted by Gasteiger charge is -1.79. The molecule has 70 valence electrons. The third-order valence-corrected chi connectivity index (χ3v) is 1.66. The van der Waals surface area contributed by atoms with Crippen LogP contribution in [-0.2, 0) is 0 Å². The number of oxazole rings is 1. The van der Waals surface area contributed by atoms with E-state index in [1.807, 2.05) is 36.4 Å². The van der Waals surface area contributed by atoms with Gasteiger partial charge in [0.15, 0.2) is 12.0 Å². The van der Waals surface area contributed by atoms with Gasteiger partial charge in [-0.05, 0) is 24.3 Å². The number of furan rings is 1. The first-order valence-electron chi connectivity index (χ1n) is 4.22. The van der Waals surface area contributed by atoms with Crippen LogP contribution in [0.25, 0.3) is 11.1 Å². The highest BCUT2D eigenvalue weighted by Gasteiger charge is 1.91. The predicted octanol–water partition coefficient (Wildman–Crippen LogP) is 3.11. The first-order chi connectivity index (χ1) is 6.97. The summed E-state index contributed by atoms with van der Waals surface area (Å²) in [5.41, 5.74) is 1.76. The summed E-state index contributed by atoms with van der Waals surface area (Å²) in [5, 5.41) is 0. The molecule has 0 saturated carbocycles. The van der Waals surface area contributed by atoms with Gasteiger partial charge in [-0.1, -0.05) is 12.1 Å². The van der Waals surface area contributed by atoms with Crippen molar-refractivity contribution < 1.29 is 8.83 Å². The van der Waals surface area contributed by atoms with E-state index in [9.17, 15) is 0 Å². The van der Waals surface area contributed by atoms with Crippen molar-refractivity contribution in [2.45, 2.75) is 0 Å². The van der Waals surface area contributed by atoms with E-state index >= 15 is 0 Å². The fourth-order valence-corrected chi connectivity index (χ4v) is 1.03. The van der Waals surface area contributed by atoms with Gasteiger partial charge in [0.05, 0.1) is 12.5 Å². The SMILES string of the molecule is c1ccc2ocnc2c1.c1ccoc1. The number of para-hydroxylation sites is 2. The van der Waals surface area contributed by atoms with Crippen LogP contribution in [0.1, 0.15) is 0 Å². The topological polar surface area (TPSA) is 39.2 Å². The fraction of sp³-hybridized carbons (Fsp3) is 0. The monoisotopic (exact) mass is 187 g/mol. The van der Waals surface area contributed by atoms with Gasteiger partial charge >= 0.3 is 0 Å². The summed E-state index contributed by atoms with van der Waals surface area (Å²) in [7, 11) is 0. The van der Waals surface area contributed by atoms with Gasteiger partial charge in [-0.3, -0.25) is 0 Å². The van der Waals surface area contributed by atoms with Gasteiger partial charge in [0.25, 0.3) is 0 Å². The van der Waals surface area contributed by atoms with Crippen LogP contribution >= 0.6 is 0 Å². The molecule has 0 aliphatic carbocycles. The lowest BCUT2D eigenvalue weighted by atomic mass is 10.3. The third-order valence-electron chi connectivity index (χ3n) is 1.66. The number of fused-ring (bicyclic) bond motifs is 1. The molecule has 3 aromatic rings. The zero-order valence-corrected chi connectivity index (χ0v) is 7.46. The second-order valence-electron chi connectivity index (χ2n) is 2.61. The normalized spacial score (nSPS) is 9.43. The highest BCUT2D eigenvalue weighted by Crippen LogP contribution is 2.09. The van der Waals surface area contributed by atoms with Crippen molar-refractivity contribution in [1.82, 2.24) is 4.98 Å². The Morgan fingerprint density at radius 1 is 0.929 bits per heavy atom. The Hall–Kier alpha value is -2.03. The number of aromatic nitrogens is 1. The minimum atomic E-state index is 0.845. The second kappa shape index (κ2) is 4.28. The Labute approximate surface area is 81.0 Å². The maximum absolute atomic E-state index is 5.01. The van der Waals surface area contributed by atoms with E-state index in [1.54, 1.807) is 12.5 Å². The summed E-state index contributed by atoms with van der Waals surface area (Å²) in [4.78, 5) is 3.95. The molecule has 3 nitrogen and oxygen atoms in total. The molecule has 0 fully saturated rings. The van der Waals surface area contributed by atoms with Crippen molar-refractivity contribution in [2.75, 3.05) is 0 Å². The van der Waals surface area contributed by atoms with Gasteiger partial charge in [0.1, 0.15) is 5.52 Å². The standard InChI is InChI=1S/C7H5NO.C4H4O/c1-2-4-7-6(3-1)8-5-9-7;1-2-4-5-3-1/h1-5H;1-4H. The molecule has 0 amide bonds. The van der Waals surface area contributed by atoms with Gasteiger partial charge < -0.3 is 8.83 Å². The first kappa shape index (κ1) is 8.56. The van der Waals surface area contributed by atoms with Crippen LogP contribution in [0.4, 0.5) is 0 Å². The molecule has 0 aliphatic heterocycles. The predicted molar refractivity (Wildman–Crippen MR) is 52.7 cm³/mol. The molecule has 0 aliphatic rings. The molecule has 0 N–H and O–H groups in total. The quantitative estimate of drug-likeness (QED) is 0.542. The van der Waals surface area contributed by atoms with Crippen LogP contribution in [-0.4, -0.2) is 4.98 Å². The molecule has 0 unspecified atom stereocenters. The number of nitrogens with zero attached hydrogens (tertiary/aromatic N) is 1. The lowest BCUT2D eigenvalue weighted by molar-refractivity contribution is 0.567. The van der Waals surface area contributed by atoms with Crippen LogP contribution in [0.2, 0.25) is 0 Å². The Balaban J connectivity index is 0.000000128. The zero-order chi connectivity index (χ0) is 9.64. The molecular weight excluding hydrogens is 178 g/mol. The fourth-order valence-electron chi connectivity index (χ4n) is 1.03. The van der Waals surface area contributed by atoms with E-state index in [-0.39, 0.29) is 0 Å². The van der Waals surface area contributed by atoms with Crippen molar-refractivity contribution in [3.05, 3.63) is 55.3 Å². The molecule has 2 heterocycles. The van der Waals surface area contributed by atoms with Crippen LogP contribution in [0.15, 0.2) is 64.2 Å². The molecule has 1 aromatic carbocycles. The van der Waals surface area contributed by atoms with Crippen LogP contribution in [0.5, 0.6) is 0 Å². The highest BCUT2D eigenvalue weighted by atomic mass is 16.3. The largest absolute Gasteiger partial charge is 0.473 e. The number of hydrogen-bond donors (Lipinski definition) is 0. The highest BCUT2D eigenvalue weighted by molar-refractivity contribution is 5.71. The molecule has 3 heteroatoms. The average molecular weight is 187 g/mol. The van der Waals surface area contributed by atoms with E-state index in [0.717, 1.165) is 11.1 Å². The number of hydrogen-bond acceptors (Lipinski definition) is 3. The van der Waals surface area contributed by atoms with E-state index in [2.05, 4.69) is 9.40 Å². The van der Waals surface area contributed by atoms with Crippen LogP contribution in [0.3, 0.4) is 0 Å². The molecule has 0 atom stereocenters. The Bertz CT molecular complexity index is 423. The molecule has 3 rings (SSSR count). The number of rotatable bonds is 0. The Morgan fingerprint density at radius 2 is 1.71 bits per heavy atom. The van der Waals surface area contributed by atoms with E-state index in [0.29, 0.717) is 0 Å². The molecule has 0 bridgehead atoms. The minimum Gasteiger partial charge on any atom is -0.473 e. The molecule has 0 saturated heterocycles. The summed E-state index contributed by atoms with van der Waals surface area (Å²) >= 11 is 0. The molecule has 0 radical (unpaired) electrons. The average Bonchev–Trinajstić information content (AvgIpc) is 2.92. The van der Waals surface area contributed by atoms with E-state index in [4.69, 9.17) is 4.42 Å². The Morgan fingerprint density at radius 3 is 2.36 bits per heavy atom. The maximum atomic E-state index is 5.01. The minimum absolute atomic E-state index is 0.845. The summed E-state index contributed by atoms with van der Waals surface area (Å²) in [6, 6.07) is 11.3. The van der Waals surface area contributed by atoms with Crippen molar-refractivity contribution in [3.8, 4) is 0 Å². The van der Waals surface area contributed by atoms with Crippen molar-refractivity contribution in [3.63, 3.8) is 0 Å². The smallest absolute Gasteiger partial charge is 0.181 e. The molecule has 2 aromatic heterocycles. The Kier molecular flexibility index (Phi) is 2.62. The first-order valence-corrected chi connectivity index (χ1v) is 4.22. The van der Waals surface area contributed by atoms with E-state index < -0.39 is 0 Å². The van der Waals surface area contributed by atoms with Gasteiger partial charge in [-0.2, -0.15) is 0 Å².